The van der Waals surface area contributed by atoms with Crippen LogP contribution in [0.5, 0.6) is 0 Å². The number of hydrogen-bond acceptors (Lipinski definition) is 7. The van der Waals surface area contributed by atoms with Crippen molar-refractivity contribution in [2.75, 3.05) is 0 Å². The van der Waals surface area contributed by atoms with Crippen LogP contribution in [0, 0.1) is 10.8 Å². The highest BCUT2D eigenvalue weighted by Crippen LogP contribution is 2.26. The van der Waals surface area contributed by atoms with Crippen LogP contribution in [0.3, 0.4) is 0 Å². The van der Waals surface area contributed by atoms with Gasteiger partial charge in [0.2, 0.25) is 0 Å². The predicted octanol–water partition coefficient (Wildman–Crippen LogP) is 2.36. The molecule has 0 aliphatic rings. The van der Waals surface area contributed by atoms with E-state index in [1.165, 1.54) is 6.92 Å². The van der Waals surface area contributed by atoms with E-state index >= 15 is 0 Å². The van der Waals surface area contributed by atoms with Crippen molar-refractivity contribution in [3.63, 3.8) is 0 Å². The summed E-state index contributed by atoms with van der Waals surface area (Å²) in [5.41, 5.74) is -0.496. The third kappa shape index (κ3) is 14.6. The minimum Gasteiger partial charge on any atom is -0.462 e. The maximum Gasteiger partial charge on any atom is 0.313 e. The van der Waals surface area contributed by atoms with Crippen molar-refractivity contribution in [1.82, 2.24) is 0 Å². The first kappa shape index (κ1) is 28.0. The fourth-order valence-electron chi connectivity index (χ4n) is 3.14. The summed E-state index contributed by atoms with van der Waals surface area (Å²) >= 11 is 0. The van der Waals surface area contributed by atoms with E-state index in [1.54, 1.807) is 0 Å². The molecular formula is C22H42O7. The van der Waals surface area contributed by atoms with Gasteiger partial charge in [0, 0.05) is 12.8 Å². The zero-order valence-electron chi connectivity index (χ0n) is 19.1. The molecule has 0 fully saturated rings. The number of rotatable bonds is 12. The van der Waals surface area contributed by atoms with Gasteiger partial charge >= 0.3 is 5.97 Å². The van der Waals surface area contributed by atoms with Crippen molar-refractivity contribution < 1.29 is 34.8 Å². The third-order valence-electron chi connectivity index (χ3n) is 4.65. The second-order valence-electron chi connectivity index (χ2n) is 10.5. The standard InChI is InChI=1S/C22H42O7/c1-14(23)8-20(28)29-18(11-16(25)12-19(27)22(5,6)7)10-15(24)9-17(26)13-21(2,3)4/h15-19,24-27H,8-13H2,1-7H3. The van der Waals surface area contributed by atoms with Gasteiger partial charge in [-0.05, 0) is 37.0 Å². The number of Topliss-reactive ketones (excluding diaryl/α,β-unsaturated/α-hetero) is 1. The first-order chi connectivity index (χ1) is 13.0. The molecule has 0 radical (unpaired) electrons. The maximum absolute atomic E-state index is 11.9. The van der Waals surface area contributed by atoms with Crippen molar-refractivity contribution in [3.8, 4) is 0 Å². The Morgan fingerprint density at radius 2 is 1.28 bits per heavy atom. The van der Waals surface area contributed by atoms with Gasteiger partial charge in [-0.25, -0.2) is 0 Å². The summed E-state index contributed by atoms with van der Waals surface area (Å²) < 4.78 is 5.31. The fourth-order valence-corrected chi connectivity index (χ4v) is 3.14. The molecule has 0 amide bonds. The van der Waals surface area contributed by atoms with Gasteiger partial charge in [0.25, 0.3) is 0 Å². The Labute approximate surface area is 175 Å². The average Bonchev–Trinajstić information content (AvgIpc) is 2.41. The van der Waals surface area contributed by atoms with Gasteiger partial charge in [-0.15, -0.1) is 0 Å². The first-order valence-electron chi connectivity index (χ1n) is 10.4. The molecule has 0 saturated heterocycles. The summed E-state index contributed by atoms with van der Waals surface area (Å²) in [7, 11) is 0. The van der Waals surface area contributed by atoms with E-state index in [0.717, 1.165) is 0 Å². The van der Waals surface area contributed by atoms with Crippen LogP contribution in [-0.4, -0.2) is 62.7 Å². The number of aliphatic hydroxyl groups excluding tert-OH is 4. The highest BCUT2D eigenvalue weighted by Gasteiger charge is 2.29. The maximum atomic E-state index is 11.9. The highest BCUT2D eigenvalue weighted by atomic mass is 16.5. The quantitative estimate of drug-likeness (QED) is 0.283. The van der Waals surface area contributed by atoms with Gasteiger partial charge in [0.15, 0.2) is 0 Å². The highest BCUT2D eigenvalue weighted by molar-refractivity contribution is 5.94. The van der Waals surface area contributed by atoms with Crippen LogP contribution < -0.4 is 0 Å². The summed E-state index contributed by atoms with van der Waals surface area (Å²) in [6, 6.07) is 0. The van der Waals surface area contributed by atoms with Crippen LogP contribution >= 0.6 is 0 Å². The van der Waals surface area contributed by atoms with Crippen molar-refractivity contribution >= 4 is 11.8 Å². The van der Waals surface area contributed by atoms with E-state index in [1.807, 2.05) is 41.5 Å². The molecule has 0 rings (SSSR count). The Morgan fingerprint density at radius 1 is 0.793 bits per heavy atom. The molecule has 0 aromatic carbocycles. The minimum absolute atomic E-state index is 0.0310. The molecule has 0 aliphatic carbocycles. The number of carbonyl (C=O) groups excluding carboxylic acids is 2. The first-order valence-corrected chi connectivity index (χ1v) is 10.4. The molecule has 4 N–H and O–H groups in total. The summed E-state index contributed by atoms with van der Waals surface area (Å²) in [5.74, 6) is -1.05. The van der Waals surface area contributed by atoms with Crippen LogP contribution in [0.4, 0.5) is 0 Å². The molecule has 0 aromatic rings. The summed E-state index contributed by atoms with van der Waals surface area (Å²) in [4.78, 5) is 23.1. The second-order valence-corrected chi connectivity index (χ2v) is 10.5. The lowest BCUT2D eigenvalue weighted by Crippen LogP contribution is -2.34. The molecule has 5 atom stereocenters. The van der Waals surface area contributed by atoms with Crippen LogP contribution in [0.1, 0.15) is 87.0 Å². The second kappa shape index (κ2) is 12.0. The predicted molar refractivity (Wildman–Crippen MR) is 111 cm³/mol. The van der Waals surface area contributed by atoms with Gasteiger partial charge in [0.05, 0.1) is 24.4 Å². The third-order valence-corrected chi connectivity index (χ3v) is 4.65. The number of hydrogen-bond donors (Lipinski definition) is 4. The topological polar surface area (TPSA) is 124 Å². The van der Waals surface area contributed by atoms with Crippen LogP contribution in [-0.2, 0) is 14.3 Å². The largest absolute Gasteiger partial charge is 0.462 e. The zero-order valence-corrected chi connectivity index (χ0v) is 19.1. The van der Waals surface area contributed by atoms with Crippen molar-refractivity contribution in [2.24, 2.45) is 10.8 Å². The van der Waals surface area contributed by atoms with E-state index in [-0.39, 0.29) is 43.3 Å². The van der Waals surface area contributed by atoms with E-state index in [0.29, 0.717) is 6.42 Å². The van der Waals surface area contributed by atoms with Gasteiger partial charge in [-0.2, -0.15) is 0 Å². The molecule has 7 nitrogen and oxygen atoms in total. The van der Waals surface area contributed by atoms with E-state index < -0.39 is 41.9 Å². The summed E-state index contributed by atoms with van der Waals surface area (Å²) in [6.45, 7) is 12.8. The zero-order chi connectivity index (χ0) is 23.0. The van der Waals surface area contributed by atoms with Crippen molar-refractivity contribution in [1.29, 1.82) is 0 Å². The molecule has 29 heavy (non-hydrogen) atoms. The van der Waals surface area contributed by atoms with Gasteiger partial charge in [-0.1, -0.05) is 41.5 Å². The van der Waals surface area contributed by atoms with Gasteiger partial charge in [0.1, 0.15) is 18.3 Å². The SMILES string of the molecule is CC(=O)CC(=O)OC(CC(O)CC(O)CC(C)(C)C)CC(O)CC(O)C(C)(C)C. The lowest BCUT2D eigenvalue weighted by atomic mass is 9.84. The molecule has 5 unspecified atom stereocenters. The molecular weight excluding hydrogens is 376 g/mol. The summed E-state index contributed by atoms with van der Waals surface area (Å²) in [5, 5.41) is 41.1. The van der Waals surface area contributed by atoms with Gasteiger partial charge in [-0.3, -0.25) is 9.59 Å². The smallest absolute Gasteiger partial charge is 0.313 e. The van der Waals surface area contributed by atoms with Crippen molar-refractivity contribution in [3.05, 3.63) is 0 Å². The molecule has 0 aliphatic heterocycles. The lowest BCUT2D eigenvalue weighted by molar-refractivity contribution is -0.153. The van der Waals surface area contributed by atoms with E-state index in [9.17, 15) is 30.0 Å². The van der Waals surface area contributed by atoms with Crippen molar-refractivity contribution in [2.45, 2.75) is 118 Å². The molecule has 0 heterocycles. The summed E-state index contributed by atoms with van der Waals surface area (Å²) in [6.07, 6.45) is -3.70. The minimum atomic E-state index is -0.939. The Kier molecular flexibility index (Phi) is 11.6. The van der Waals surface area contributed by atoms with Crippen LogP contribution in [0.25, 0.3) is 0 Å². The number of carbonyl (C=O) groups is 2. The fraction of sp³-hybridized carbons (Fsp3) is 0.909. The normalized spacial score (nSPS) is 17.9. The van der Waals surface area contributed by atoms with E-state index in [2.05, 4.69) is 0 Å². The number of aliphatic hydroxyl groups is 4. The molecule has 0 bridgehead atoms. The molecule has 0 saturated carbocycles. The number of esters is 1. The van der Waals surface area contributed by atoms with Gasteiger partial charge < -0.3 is 25.2 Å². The average molecular weight is 419 g/mol. The van der Waals surface area contributed by atoms with Crippen LogP contribution in [0.2, 0.25) is 0 Å². The monoisotopic (exact) mass is 418 g/mol. The van der Waals surface area contributed by atoms with Crippen LogP contribution in [0.15, 0.2) is 0 Å². The Balaban J connectivity index is 4.95. The molecule has 0 spiro atoms. The Morgan fingerprint density at radius 3 is 1.69 bits per heavy atom. The number of ether oxygens (including phenoxy) is 1. The molecule has 7 heteroatoms. The molecule has 0 aromatic heterocycles. The Hall–Kier alpha value is -1.02. The van der Waals surface area contributed by atoms with E-state index in [4.69, 9.17) is 4.74 Å². The number of ketones is 1. The molecule has 172 valence electrons. The Bertz CT molecular complexity index is 504. The lowest BCUT2D eigenvalue weighted by Gasteiger charge is -2.30.